The normalized spacial score (nSPS) is 11.6. The molecule has 0 bridgehead atoms. The molecule has 0 unspecified atom stereocenters. The van der Waals surface area contributed by atoms with Gasteiger partial charge in [0.25, 0.3) is 0 Å². The highest BCUT2D eigenvalue weighted by molar-refractivity contribution is 5.51. The van der Waals surface area contributed by atoms with E-state index in [4.69, 9.17) is 5.26 Å². The van der Waals surface area contributed by atoms with Gasteiger partial charge in [0.2, 0.25) is 0 Å². The van der Waals surface area contributed by atoms with E-state index in [1.807, 2.05) is 24.3 Å². The van der Waals surface area contributed by atoms with Crippen LogP contribution in [0.1, 0.15) is 31.9 Å². The van der Waals surface area contributed by atoms with Crippen LogP contribution in [0.3, 0.4) is 0 Å². The van der Waals surface area contributed by atoms with Crippen molar-refractivity contribution in [3.8, 4) is 6.07 Å². The number of nitrogens with zero attached hydrogens (tertiary/aromatic N) is 1. The van der Waals surface area contributed by atoms with Crippen molar-refractivity contribution < 1.29 is 0 Å². The van der Waals surface area contributed by atoms with Gasteiger partial charge in [0.15, 0.2) is 0 Å². The molecule has 1 rings (SSSR count). The van der Waals surface area contributed by atoms with E-state index in [-0.39, 0.29) is 5.54 Å². The molecule has 0 atom stereocenters. The van der Waals surface area contributed by atoms with E-state index >= 15 is 0 Å². The quantitative estimate of drug-likeness (QED) is 0.839. The Balaban J connectivity index is 2.48. The molecule has 1 aromatic carbocycles. The number of rotatable bonds is 3. The second kappa shape index (κ2) is 5.48. The van der Waals surface area contributed by atoms with Crippen LogP contribution in [0.25, 0.3) is 6.08 Å². The van der Waals surface area contributed by atoms with E-state index in [9.17, 15) is 0 Å². The molecular formula is C14H18N2. The largest absolute Gasteiger partial charge is 0.309 e. The van der Waals surface area contributed by atoms with Crippen molar-refractivity contribution in [1.29, 1.82) is 5.26 Å². The van der Waals surface area contributed by atoms with Gasteiger partial charge in [-0.2, -0.15) is 5.26 Å². The number of nitriles is 1. The highest BCUT2D eigenvalue weighted by Crippen LogP contribution is 2.05. The van der Waals surface area contributed by atoms with Gasteiger partial charge in [-0.15, -0.1) is 0 Å². The maximum atomic E-state index is 8.65. The fourth-order valence-electron chi connectivity index (χ4n) is 1.23. The molecule has 0 spiro atoms. The van der Waals surface area contributed by atoms with Crippen LogP contribution in [0.15, 0.2) is 30.3 Å². The third-order valence-electron chi connectivity index (χ3n) is 2.10. The molecule has 0 radical (unpaired) electrons. The van der Waals surface area contributed by atoms with E-state index in [0.717, 1.165) is 12.1 Å². The monoisotopic (exact) mass is 214 g/mol. The topological polar surface area (TPSA) is 35.8 Å². The average Bonchev–Trinajstić information content (AvgIpc) is 2.24. The summed E-state index contributed by atoms with van der Waals surface area (Å²) in [5, 5.41) is 12.0. The molecule has 0 aliphatic heterocycles. The van der Waals surface area contributed by atoms with Gasteiger partial charge in [0.05, 0.1) is 11.6 Å². The Hall–Kier alpha value is -1.59. The minimum Gasteiger partial charge on any atom is -0.309 e. The summed E-state index contributed by atoms with van der Waals surface area (Å²) in [5.41, 5.74) is 1.97. The zero-order chi connectivity index (χ0) is 12.0. The first-order valence-electron chi connectivity index (χ1n) is 5.43. The molecule has 0 fully saturated rings. The van der Waals surface area contributed by atoms with Crippen molar-refractivity contribution in [2.75, 3.05) is 6.54 Å². The smallest absolute Gasteiger partial charge is 0.0991 e. The van der Waals surface area contributed by atoms with Crippen LogP contribution < -0.4 is 5.32 Å². The Kier molecular flexibility index (Phi) is 4.28. The molecule has 0 aliphatic rings. The maximum Gasteiger partial charge on any atom is 0.0991 e. The first kappa shape index (κ1) is 12.5. The minimum absolute atomic E-state index is 0.148. The molecule has 1 aromatic rings. The van der Waals surface area contributed by atoms with Crippen LogP contribution in [0.5, 0.6) is 0 Å². The van der Waals surface area contributed by atoms with Crippen molar-refractivity contribution in [3.05, 3.63) is 41.5 Å². The van der Waals surface area contributed by atoms with E-state index in [1.165, 1.54) is 0 Å². The first-order chi connectivity index (χ1) is 7.51. The lowest BCUT2D eigenvalue weighted by atomic mass is 10.1. The summed E-state index contributed by atoms with van der Waals surface area (Å²) in [4.78, 5) is 0. The van der Waals surface area contributed by atoms with Gasteiger partial charge < -0.3 is 5.32 Å². The van der Waals surface area contributed by atoms with E-state index < -0.39 is 0 Å². The van der Waals surface area contributed by atoms with Gasteiger partial charge >= 0.3 is 0 Å². The lowest BCUT2D eigenvalue weighted by Gasteiger charge is -2.18. The Morgan fingerprint density at radius 2 is 1.88 bits per heavy atom. The molecule has 0 aliphatic carbocycles. The van der Waals surface area contributed by atoms with Gasteiger partial charge in [-0.25, -0.2) is 0 Å². The first-order valence-corrected chi connectivity index (χ1v) is 5.43. The summed E-state index contributed by atoms with van der Waals surface area (Å²) in [6.07, 6.45) is 4.15. The lowest BCUT2D eigenvalue weighted by Crippen LogP contribution is -2.35. The molecule has 2 nitrogen and oxygen atoms in total. The zero-order valence-corrected chi connectivity index (χ0v) is 10.1. The fourth-order valence-corrected chi connectivity index (χ4v) is 1.23. The number of hydrogen-bond donors (Lipinski definition) is 1. The number of nitrogens with one attached hydrogen (secondary N) is 1. The predicted octanol–water partition coefficient (Wildman–Crippen LogP) is 2.96. The van der Waals surface area contributed by atoms with Gasteiger partial charge in [-0.3, -0.25) is 0 Å². The van der Waals surface area contributed by atoms with Crippen molar-refractivity contribution in [3.63, 3.8) is 0 Å². The number of benzene rings is 1. The van der Waals surface area contributed by atoms with Crippen LogP contribution in [0, 0.1) is 11.3 Å². The second-order valence-electron chi connectivity index (χ2n) is 4.77. The molecule has 0 saturated heterocycles. The van der Waals surface area contributed by atoms with Gasteiger partial charge in [-0.05, 0) is 38.5 Å². The fraction of sp³-hybridized carbons (Fsp3) is 0.357. The van der Waals surface area contributed by atoms with Crippen molar-refractivity contribution in [1.82, 2.24) is 5.32 Å². The molecular weight excluding hydrogens is 196 g/mol. The van der Waals surface area contributed by atoms with Crippen molar-refractivity contribution >= 4 is 6.08 Å². The SMILES string of the molecule is CC(C)(C)NCC=Cc1ccc(C#N)cc1. The van der Waals surface area contributed by atoms with Gasteiger partial charge in [0.1, 0.15) is 0 Å². The minimum atomic E-state index is 0.148. The van der Waals surface area contributed by atoms with E-state index in [0.29, 0.717) is 5.56 Å². The summed E-state index contributed by atoms with van der Waals surface area (Å²) in [6.45, 7) is 7.27. The molecule has 0 amide bonds. The summed E-state index contributed by atoms with van der Waals surface area (Å²) in [5.74, 6) is 0. The number of hydrogen-bond acceptors (Lipinski definition) is 2. The molecule has 84 valence electrons. The average molecular weight is 214 g/mol. The van der Waals surface area contributed by atoms with Crippen LogP contribution in [-0.4, -0.2) is 12.1 Å². The molecule has 0 aromatic heterocycles. The van der Waals surface area contributed by atoms with Gasteiger partial charge in [0, 0.05) is 12.1 Å². The summed E-state index contributed by atoms with van der Waals surface area (Å²) >= 11 is 0. The predicted molar refractivity (Wildman–Crippen MR) is 67.9 cm³/mol. The third-order valence-corrected chi connectivity index (χ3v) is 2.10. The molecule has 16 heavy (non-hydrogen) atoms. The van der Waals surface area contributed by atoms with Crippen LogP contribution >= 0.6 is 0 Å². The van der Waals surface area contributed by atoms with E-state index in [2.05, 4.69) is 44.3 Å². The molecule has 1 N–H and O–H groups in total. The van der Waals surface area contributed by atoms with Crippen LogP contribution in [0.4, 0.5) is 0 Å². The van der Waals surface area contributed by atoms with Crippen LogP contribution in [-0.2, 0) is 0 Å². The van der Waals surface area contributed by atoms with Gasteiger partial charge in [-0.1, -0.05) is 24.3 Å². The summed E-state index contributed by atoms with van der Waals surface area (Å²) < 4.78 is 0. The summed E-state index contributed by atoms with van der Waals surface area (Å²) in [7, 11) is 0. The second-order valence-corrected chi connectivity index (χ2v) is 4.77. The van der Waals surface area contributed by atoms with Crippen molar-refractivity contribution in [2.45, 2.75) is 26.3 Å². The highest BCUT2D eigenvalue weighted by Gasteiger charge is 2.05. The highest BCUT2D eigenvalue weighted by atomic mass is 14.9. The molecule has 2 heteroatoms. The van der Waals surface area contributed by atoms with E-state index in [1.54, 1.807) is 0 Å². The molecule has 0 saturated carbocycles. The molecule has 0 heterocycles. The van der Waals surface area contributed by atoms with Crippen molar-refractivity contribution in [2.24, 2.45) is 0 Å². The maximum absolute atomic E-state index is 8.65. The lowest BCUT2D eigenvalue weighted by molar-refractivity contribution is 0.450. The Bertz CT molecular complexity index is 388. The Morgan fingerprint density at radius 1 is 1.25 bits per heavy atom. The Morgan fingerprint density at radius 3 is 2.38 bits per heavy atom. The summed E-state index contributed by atoms with van der Waals surface area (Å²) in [6, 6.07) is 9.67. The zero-order valence-electron chi connectivity index (χ0n) is 10.1. The standard InChI is InChI=1S/C14H18N2/c1-14(2,3)16-10-4-5-12-6-8-13(11-15)9-7-12/h4-9,16H,10H2,1-3H3. The van der Waals surface area contributed by atoms with Crippen LogP contribution in [0.2, 0.25) is 0 Å². The Labute approximate surface area is 97.6 Å². The third kappa shape index (κ3) is 4.77.